The highest BCUT2D eigenvalue weighted by Gasteiger charge is 2.37. The van der Waals surface area contributed by atoms with E-state index in [2.05, 4.69) is 15.4 Å². The molecule has 0 radical (unpaired) electrons. The summed E-state index contributed by atoms with van der Waals surface area (Å²) in [4.78, 5) is 16.0. The third-order valence-electron chi connectivity index (χ3n) is 6.90. The number of rotatable bonds is 8. The number of phenols is 1. The zero-order chi connectivity index (χ0) is 30.8. The van der Waals surface area contributed by atoms with Crippen LogP contribution in [0.4, 0.5) is 38.0 Å². The van der Waals surface area contributed by atoms with Crippen molar-refractivity contribution in [2.75, 3.05) is 22.9 Å². The average molecular weight is 599 g/mol. The second-order valence-electron chi connectivity index (χ2n) is 9.98. The number of hydrogen-bond acceptors (Lipinski definition) is 7. The number of nitrogens with zero attached hydrogens (tertiary/aromatic N) is 6. The number of aromatic nitrogens is 4. The quantitative estimate of drug-likeness (QED) is 0.248. The third-order valence-corrected chi connectivity index (χ3v) is 6.90. The van der Waals surface area contributed by atoms with Gasteiger partial charge in [-0.25, -0.2) is 4.79 Å². The lowest BCUT2D eigenvalue weighted by Crippen LogP contribution is -2.31. The molecule has 1 aliphatic rings. The number of carboxylic acids is 1. The van der Waals surface area contributed by atoms with E-state index in [0.717, 1.165) is 12.1 Å². The van der Waals surface area contributed by atoms with E-state index in [4.69, 9.17) is 0 Å². The zero-order valence-electron chi connectivity index (χ0n) is 22.6. The van der Waals surface area contributed by atoms with Gasteiger partial charge in [-0.15, -0.1) is 5.10 Å². The molecular formula is C27H28F6N6O3. The summed E-state index contributed by atoms with van der Waals surface area (Å²) in [6.07, 6.45) is -7.07. The van der Waals surface area contributed by atoms with Gasteiger partial charge < -0.3 is 20.0 Å². The van der Waals surface area contributed by atoms with Crippen LogP contribution in [0, 0.1) is 6.92 Å². The van der Waals surface area contributed by atoms with Crippen LogP contribution in [0.1, 0.15) is 57.9 Å². The molecule has 4 rings (SSSR count). The highest BCUT2D eigenvalue weighted by Crippen LogP contribution is 2.43. The van der Waals surface area contributed by atoms with Gasteiger partial charge in [0.25, 0.3) is 5.95 Å². The van der Waals surface area contributed by atoms with E-state index in [1.54, 1.807) is 9.80 Å². The van der Waals surface area contributed by atoms with Crippen LogP contribution >= 0.6 is 0 Å². The van der Waals surface area contributed by atoms with Gasteiger partial charge in [-0.05, 0) is 59.9 Å². The maximum atomic E-state index is 14.0. The number of allylic oxidation sites excluding steroid dienone is 1. The van der Waals surface area contributed by atoms with Crippen LogP contribution < -0.4 is 9.80 Å². The maximum absolute atomic E-state index is 14.0. The SMILES string of the molecule is Cc1cc2c(cc1C(F)(F)F)N(Cc1ccc(O)c(C(=O)O)c1)CCCC2N(C/C=C/CC(F)(F)F)c1nnn(C)n1. The Morgan fingerprint density at radius 3 is 2.50 bits per heavy atom. The standard InChI is InChI=1S/C27H28F6N6O3/c1-16-12-18-21(39(25-34-36-37(2)35-25)11-4-3-9-26(28,29)30)6-5-10-38(22(18)14-20(16)27(31,32)33)15-17-7-8-23(40)19(13-17)24(41)42/h3-4,7-8,12-14,21,40H,5-6,9-11,15H2,1-2H3,(H,41,42)/b4-3+. The molecule has 9 nitrogen and oxygen atoms in total. The van der Waals surface area contributed by atoms with E-state index >= 15 is 0 Å². The molecule has 1 aliphatic heterocycles. The number of aryl methyl sites for hydroxylation is 2. The molecule has 0 amide bonds. The van der Waals surface area contributed by atoms with Crippen LogP contribution in [0.25, 0.3) is 0 Å². The number of benzene rings is 2. The summed E-state index contributed by atoms with van der Waals surface area (Å²) in [5.41, 5.74) is -0.0683. The first-order valence-corrected chi connectivity index (χ1v) is 12.9. The number of aromatic hydroxyl groups is 1. The summed E-state index contributed by atoms with van der Waals surface area (Å²) >= 11 is 0. The smallest absolute Gasteiger partial charge is 0.416 e. The van der Waals surface area contributed by atoms with Crippen LogP contribution in [0.15, 0.2) is 42.5 Å². The first-order valence-electron chi connectivity index (χ1n) is 12.9. The molecule has 0 saturated heterocycles. The molecule has 2 heterocycles. The van der Waals surface area contributed by atoms with Crippen molar-refractivity contribution in [3.63, 3.8) is 0 Å². The van der Waals surface area contributed by atoms with Gasteiger partial charge in [0.15, 0.2) is 0 Å². The van der Waals surface area contributed by atoms with Gasteiger partial charge in [-0.2, -0.15) is 31.1 Å². The van der Waals surface area contributed by atoms with Gasteiger partial charge >= 0.3 is 18.3 Å². The van der Waals surface area contributed by atoms with Crippen molar-refractivity contribution in [2.24, 2.45) is 7.05 Å². The van der Waals surface area contributed by atoms with Crippen molar-refractivity contribution in [3.8, 4) is 5.75 Å². The van der Waals surface area contributed by atoms with Crippen molar-refractivity contribution < 1.29 is 41.4 Å². The normalized spacial score (nSPS) is 16.0. The van der Waals surface area contributed by atoms with Gasteiger partial charge in [0.2, 0.25) is 0 Å². The van der Waals surface area contributed by atoms with Crippen LogP contribution in [0.3, 0.4) is 0 Å². The number of anilines is 2. The van der Waals surface area contributed by atoms with Crippen molar-refractivity contribution >= 4 is 17.6 Å². The summed E-state index contributed by atoms with van der Waals surface area (Å²) in [5.74, 6) is -1.70. The second kappa shape index (κ2) is 11.9. The van der Waals surface area contributed by atoms with Gasteiger partial charge in [-0.3, -0.25) is 0 Å². The van der Waals surface area contributed by atoms with Crippen molar-refractivity contribution in [3.05, 3.63) is 70.3 Å². The molecule has 226 valence electrons. The van der Waals surface area contributed by atoms with Crippen LogP contribution in [-0.2, 0) is 19.8 Å². The number of carboxylic acid groups (broad SMARTS) is 1. The molecule has 3 aromatic rings. The monoisotopic (exact) mass is 598 g/mol. The van der Waals surface area contributed by atoms with E-state index in [-0.39, 0.29) is 35.9 Å². The summed E-state index contributed by atoms with van der Waals surface area (Å²) in [6, 6.07) is 5.81. The fraction of sp³-hybridized carbons (Fsp3) is 0.407. The number of halogens is 6. The van der Waals surface area contributed by atoms with Gasteiger partial charge in [0.05, 0.1) is 25.1 Å². The fourth-order valence-electron chi connectivity index (χ4n) is 5.02. The summed E-state index contributed by atoms with van der Waals surface area (Å²) in [5, 5.41) is 31.4. The number of hydrogen-bond donors (Lipinski definition) is 2. The Kier molecular flexibility index (Phi) is 8.68. The highest BCUT2D eigenvalue weighted by atomic mass is 19.4. The molecule has 2 aromatic carbocycles. The fourth-order valence-corrected chi connectivity index (χ4v) is 5.02. The van der Waals surface area contributed by atoms with E-state index in [0.29, 0.717) is 30.5 Å². The minimum Gasteiger partial charge on any atom is -0.507 e. The lowest BCUT2D eigenvalue weighted by atomic mass is 9.94. The van der Waals surface area contributed by atoms with Crippen LogP contribution in [0.2, 0.25) is 0 Å². The Morgan fingerprint density at radius 1 is 1.14 bits per heavy atom. The zero-order valence-corrected chi connectivity index (χ0v) is 22.6. The number of fused-ring (bicyclic) bond motifs is 1. The summed E-state index contributed by atoms with van der Waals surface area (Å²) in [7, 11) is 1.51. The molecule has 15 heteroatoms. The molecular weight excluding hydrogens is 570 g/mol. The topological polar surface area (TPSA) is 108 Å². The Bertz CT molecular complexity index is 1470. The second-order valence-corrected chi connectivity index (χ2v) is 9.98. The van der Waals surface area contributed by atoms with Crippen LogP contribution in [0.5, 0.6) is 5.75 Å². The van der Waals surface area contributed by atoms with E-state index in [1.165, 1.54) is 49.1 Å². The molecule has 2 N–H and O–H groups in total. The van der Waals surface area contributed by atoms with Crippen LogP contribution in [-0.4, -0.2) is 55.7 Å². The first-order chi connectivity index (χ1) is 19.6. The Hall–Kier alpha value is -4.30. The molecule has 0 bridgehead atoms. The molecule has 0 fully saturated rings. The van der Waals surface area contributed by atoms with Gasteiger partial charge in [0, 0.05) is 25.3 Å². The number of alkyl halides is 6. The van der Waals surface area contributed by atoms with Crippen molar-refractivity contribution in [2.45, 2.75) is 51.1 Å². The van der Waals surface area contributed by atoms with Gasteiger partial charge in [0.1, 0.15) is 11.3 Å². The molecule has 0 saturated carbocycles. The first kappa shape index (κ1) is 30.7. The van der Waals surface area contributed by atoms with Crippen molar-refractivity contribution in [1.29, 1.82) is 0 Å². The summed E-state index contributed by atoms with van der Waals surface area (Å²) in [6.45, 7) is 1.60. The number of carbonyl (C=O) groups is 1. The third kappa shape index (κ3) is 7.12. The lowest BCUT2D eigenvalue weighted by Gasteiger charge is -2.32. The Labute approximate surface area is 236 Å². The number of aromatic carboxylic acids is 1. The Balaban J connectivity index is 1.81. The molecule has 0 aliphatic carbocycles. The van der Waals surface area contributed by atoms with E-state index in [1.807, 2.05) is 0 Å². The van der Waals surface area contributed by atoms with E-state index in [9.17, 15) is 41.4 Å². The molecule has 1 atom stereocenters. The minimum absolute atomic E-state index is 0.0365. The predicted octanol–water partition coefficient (Wildman–Crippen LogP) is 5.80. The molecule has 1 unspecified atom stereocenters. The number of tetrazole rings is 1. The Morgan fingerprint density at radius 2 is 1.88 bits per heavy atom. The predicted molar refractivity (Wildman–Crippen MR) is 140 cm³/mol. The van der Waals surface area contributed by atoms with E-state index < -0.39 is 42.1 Å². The largest absolute Gasteiger partial charge is 0.507 e. The van der Waals surface area contributed by atoms with Gasteiger partial charge in [-0.1, -0.05) is 29.4 Å². The maximum Gasteiger partial charge on any atom is 0.416 e. The minimum atomic E-state index is -4.66. The molecule has 0 spiro atoms. The summed E-state index contributed by atoms with van der Waals surface area (Å²) < 4.78 is 80.4. The highest BCUT2D eigenvalue weighted by molar-refractivity contribution is 5.91. The lowest BCUT2D eigenvalue weighted by molar-refractivity contribution is -0.138. The molecule has 1 aromatic heterocycles. The molecule has 42 heavy (non-hydrogen) atoms. The average Bonchev–Trinajstić information content (AvgIpc) is 3.24. The van der Waals surface area contributed by atoms with Crippen molar-refractivity contribution in [1.82, 2.24) is 20.2 Å².